The van der Waals surface area contributed by atoms with E-state index in [9.17, 15) is 14.7 Å². The zero-order chi connectivity index (χ0) is 14.5. The molecule has 2 bridgehead atoms. The van der Waals surface area contributed by atoms with Gasteiger partial charge in [-0.2, -0.15) is 0 Å². The maximum Gasteiger partial charge on any atom is 0.307 e. The number of aliphatic hydroxyl groups is 1. The molecule has 3 aliphatic carbocycles. The lowest BCUT2D eigenvalue weighted by Gasteiger charge is -2.45. The van der Waals surface area contributed by atoms with E-state index in [4.69, 9.17) is 5.11 Å². The molecule has 3 rings (SSSR count). The van der Waals surface area contributed by atoms with Crippen molar-refractivity contribution < 1.29 is 19.8 Å². The number of carboxylic acids is 1. The van der Waals surface area contributed by atoms with Crippen LogP contribution in [0.25, 0.3) is 0 Å². The molecule has 0 spiro atoms. The highest BCUT2D eigenvalue weighted by molar-refractivity contribution is 5.85. The molecule has 2 atom stereocenters. The Kier molecular flexibility index (Phi) is 5.37. The summed E-state index contributed by atoms with van der Waals surface area (Å²) >= 11 is 0. The summed E-state index contributed by atoms with van der Waals surface area (Å²) in [6.45, 7) is 1.63. The Bertz CT molecular complexity index is 353. The van der Waals surface area contributed by atoms with E-state index in [0.29, 0.717) is 19.6 Å². The number of carboxylic acid groups (broad SMARTS) is 1. The minimum atomic E-state index is -0.821. The summed E-state index contributed by atoms with van der Waals surface area (Å²) < 4.78 is 0. The van der Waals surface area contributed by atoms with Gasteiger partial charge in [-0.25, -0.2) is 0 Å². The van der Waals surface area contributed by atoms with Crippen molar-refractivity contribution in [2.45, 2.75) is 25.7 Å². The van der Waals surface area contributed by atoms with Crippen LogP contribution in [0.3, 0.4) is 0 Å². The van der Waals surface area contributed by atoms with Crippen LogP contribution in [-0.4, -0.2) is 48.3 Å². The highest BCUT2D eigenvalue weighted by Crippen LogP contribution is 2.48. The Morgan fingerprint density at radius 3 is 2.10 bits per heavy atom. The molecule has 20 heavy (non-hydrogen) atoms. The van der Waals surface area contributed by atoms with Crippen molar-refractivity contribution in [3.8, 4) is 0 Å². The fourth-order valence-corrected chi connectivity index (χ4v) is 3.78. The van der Waals surface area contributed by atoms with Crippen molar-refractivity contribution >= 4 is 11.9 Å². The Morgan fingerprint density at radius 1 is 0.950 bits per heavy atom. The first-order valence-corrected chi connectivity index (χ1v) is 7.47. The number of fused-ring (bicyclic) bond motifs is 3. The van der Waals surface area contributed by atoms with Crippen LogP contribution in [0.1, 0.15) is 25.7 Å². The Hall–Kier alpha value is -1.14. The van der Waals surface area contributed by atoms with Gasteiger partial charge in [-0.3, -0.25) is 9.59 Å². The van der Waals surface area contributed by atoms with Gasteiger partial charge in [-0.05, 0) is 37.5 Å². The van der Waals surface area contributed by atoms with Crippen LogP contribution in [0.5, 0.6) is 0 Å². The molecule has 1 amide bonds. The number of amides is 1. The highest BCUT2D eigenvalue weighted by Gasteiger charge is 2.50. The van der Waals surface area contributed by atoms with Crippen molar-refractivity contribution in [1.29, 1.82) is 0 Å². The third kappa shape index (κ3) is 3.30. The fourth-order valence-electron chi connectivity index (χ4n) is 3.78. The van der Waals surface area contributed by atoms with E-state index in [2.05, 4.69) is 10.6 Å². The fraction of sp³-hybridized carbons (Fsp3) is 0.857. The Morgan fingerprint density at radius 2 is 1.55 bits per heavy atom. The zero-order valence-electron chi connectivity index (χ0n) is 11.7. The zero-order valence-corrected chi connectivity index (χ0v) is 11.7. The Labute approximate surface area is 118 Å². The summed E-state index contributed by atoms with van der Waals surface area (Å²) in [5.74, 6) is -1.41. The third-order valence-corrected chi connectivity index (χ3v) is 4.70. The molecule has 0 radical (unpaired) electrons. The predicted molar refractivity (Wildman–Crippen MR) is 73.0 cm³/mol. The molecular formula is C14H24N2O4. The molecule has 4 N–H and O–H groups in total. The second-order valence-electron chi connectivity index (χ2n) is 5.83. The molecule has 114 valence electrons. The summed E-state index contributed by atoms with van der Waals surface area (Å²) in [5, 5.41) is 23.8. The molecule has 0 aromatic heterocycles. The Balaban J connectivity index is 1.88. The second kappa shape index (κ2) is 7.04. The maximum absolute atomic E-state index is 12.3. The van der Waals surface area contributed by atoms with E-state index in [1.165, 1.54) is 0 Å². The van der Waals surface area contributed by atoms with E-state index in [1.54, 1.807) is 0 Å². The maximum atomic E-state index is 12.3. The molecule has 3 fully saturated rings. The van der Waals surface area contributed by atoms with E-state index >= 15 is 0 Å². The molecule has 3 saturated carbocycles. The minimum Gasteiger partial charge on any atom is -0.481 e. The van der Waals surface area contributed by atoms with Crippen molar-refractivity contribution in [1.82, 2.24) is 10.6 Å². The molecular weight excluding hydrogens is 260 g/mol. The third-order valence-electron chi connectivity index (χ3n) is 4.70. The van der Waals surface area contributed by atoms with Crippen LogP contribution in [-0.2, 0) is 9.59 Å². The quantitative estimate of drug-likeness (QED) is 0.486. The van der Waals surface area contributed by atoms with Crippen LogP contribution in [0.2, 0.25) is 0 Å². The average Bonchev–Trinajstić information content (AvgIpc) is 2.47. The average molecular weight is 284 g/mol. The van der Waals surface area contributed by atoms with Crippen LogP contribution in [0, 0.1) is 23.7 Å². The molecule has 0 aromatic carbocycles. The van der Waals surface area contributed by atoms with Crippen molar-refractivity contribution in [2.75, 3.05) is 26.2 Å². The van der Waals surface area contributed by atoms with Crippen molar-refractivity contribution in [2.24, 2.45) is 23.7 Å². The molecule has 0 aromatic rings. The number of hydrogen-bond donors (Lipinski definition) is 4. The second-order valence-corrected chi connectivity index (χ2v) is 5.83. The van der Waals surface area contributed by atoms with Gasteiger partial charge in [-0.15, -0.1) is 0 Å². The minimum absolute atomic E-state index is 0.0708. The van der Waals surface area contributed by atoms with Crippen molar-refractivity contribution in [3.05, 3.63) is 0 Å². The number of carbonyl (C=O) groups excluding carboxylic acids is 1. The molecule has 3 aliphatic rings. The first kappa shape index (κ1) is 15.3. The monoisotopic (exact) mass is 284 g/mol. The van der Waals surface area contributed by atoms with Gasteiger partial charge < -0.3 is 20.8 Å². The molecule has 0 aliphatic heterocycles. The molecule has 6 heteroatoms. The molecule has 0 saturated heterocycles. The first-order valence-electron chi connectivity index (χ1n) is 7.47. The van der Waals surface area contributed by atoms with Gasteiger partial charge in [0.15, 0.2) is 0 Å². The number of aliphatic hydroxyl groups excluding tert-OH is 1. The van der Waals surface area contributed by atoms with Crippen LogP contribution in [0.15, 0.2) is 0 Å². The van der Waals surface area contributed by atoms with Gasteiger partial charge in [0.2, 0.25) is 5.91 Å². The van der Waals surface area contributed by atoms with Crippen molar-refractivity contribution in [3.63, 3.8) is 0 Å². The van der Waals surface area contributed by atoms with Gasteiger partial charge in [0.25, 0.3) is 0 Å². The smallest absolute Gasteiger partial charge is 0.307 e. The first-order chi connectivity index (χ1) is 9.65. The summed E-state index contributed by atoms with van der Waals surface area (Å²) in [7, 11) is 0. The van der Waals surface area contributed by atoms with Gasteiger partial charge >= 0.3 is 5.97 Å². The largest absolute Gasteiger partial charge is 0.481 e. The highest BCUT2D eigenvalue weighted by atomic mass is 16.4. The SMILES string of the molecule is O=C(O)C1C2CCC(CC2)C1C(=O)NCCNCCO. The van der Waals surface area contributed by atoms with E-state index in [-0.39, 0.29) is 30.3 Å². The van der Waals surface area contributed by atoms with Crippen LogP contribution < -0.4 is 10.6 Å². The van der Waals surface area contributed by atoms with Gasteiger partial charge in [0.05, 0.1) is 18.4 Å². The summed E-state index contributed by atoms with van der Waals surface area (Å²) in [6, 6.07) is 0. The van der Waals surface area contributed by atoms with E-state index in [0.717, 1.165) is 25.7 Å². The van der Waals surface area contributed by atoms with E-state index < -0.39 is 11.9 Å². The van der Waals surface area contributed by atoms with Gasteiger partial charge in [-0.1, -0.05) is 0 Å². The predicted octanol–water partition coefficient (Wildman–Crippen LogP) is -0.178. The topological polar surface area (TPSA) is 98.7 Å². The number of hydrogen-bond acceptors (Lipinski definition) is 4. The van der Waals surface area contributed by atoms with Crippen LogP contribution in [0.4, 0.5) is 0 Å². The van der Waals surface area contributed by atoms with Crippen LogP contribution >= 0.6 is 0 Å². The number of carbonyl (C=O) groups is 2. The molecule has 2 unspecified atom stereocenters. The lowest BCUT2D eigenvalue weighted by atomic mass is 9.58. The lowest BCUT2D eigenvalue weighted by Crippen LogP contribution is -2.51. The number of nitrogens with one attached hydrogen (secondary N) is 2. The van der Waals surface area contributed by atoms with Gasteiger partial charge in [0.1, 0.15) is 0 Å². The number of aliphatic carboxylic acids is 1. The van der Waals surface area contributed by atoms with Gasteiger partial charge in [0, 0.05) is 19.6 Å². The summed E-state index contributed by atoms with van der Waals surface area (Å²) in [4.78, 5) is 23.7. The molecule has 0 heterocycles. The summed E-state index contributed by atoms with van der Waals surface area (Å²) in [5.41, 5.74) is 0. The normalized spacial score (nSPS) is 32.0. The van der Waals surface area contributed by atoms with E-state index in [1.807, 2.05) is 0 Å². The number of rotatable bonds is 7. The molecule has 6 nitrogen and oxygen atoms in total. The lowest BCUT2D eigenvalue weighted by molar-refractivity contribution is -0.158. The standard InChI is InChI=1S/C14H24N2O4/c17-8-7-15-5-6-16-13(18)11-9-1-3-10(4-2-9)12(11)14(19)20/h9-12,15,17H,1-8H2,(H,16,18)(H,19,20). The summed E-state index contributed by atoms with van der Waals surface area (Å²) in [6.07, 6.45) is 3.86.